The van der Waals surface area contributed by atoms with Crippen LogP contribution >= 0.6 is 0 Å². The van der Waals surface area contributed by atoms with E-state index in [2.05, 4.69) is 15.1 Å². The molecule has 1 aromatic carbocycles. The summed E-state index contributed by atoms with van der Waals surface area (Å²) in [7, 11) is -3.59. The largest absolute Gasteiger partial charge is 0.348 e. The number of benzene rings is 1. The maximum atomic E-state index is 12.8. The highest BCUT2D eigenvalue weighted by Crippen LogP contribution is 2.25. The number of aryl methyl sites for hydroxylation is 2. The highest BCUT2D eigenvalue weighted by Gasteiger charge is 2.29. The Hall–Kier alpha value is -2.19. The molecule has 1 aromatic heterocycles. The van der Waals surface area contributed by atoms with Crippen LogP contribution in [0.4, 0.5) is 0 Å². The summed E-state index contributed by atoms with van der Waals surface area (Å²) in [5.41, 5.74) is 3.65. The van der Waals surface area contributed by atoms with Crippen molar-refractivity contribution in [3.63, 3.8) is 0 Å². The molecule has 2 aromatic rings. The average molecular weight is 403 g/mol. The molecule has 28 heavy (non-hydrogen) atoms. The van der Waals surface area contributed by atoms with Crippen molar-refractivity contribution in [1.29, 1.82) is 0 Å². The minimum Gasteiger partial charge on any atom is -0.348 e. The molecular formula is C20H26N4O3S. The number of nitrogens with one attached hydrogen (secondary N) is 2. The van der Waals surface area contributed by atoms with E-state index in [-0.39, 0.29) is 18.0 Å². The molecule has 2 aliphatic rings. The second-order valence-corrected chi connectivity index (χ2v) is 9.71. The van der Waals surface area contributed by atoms with Crippen LogP contribution in [-0.4, -0.2) is 36.2 Å². The number of sulfonamides is 1. The highest BCUT2D eigenvalue weighted by atomic mass is 32.2. The number of hydrogen-bond donors (Lipinski definition) is 2. The molecule has 0 radical (unpaired) electrons. The van der Waals surface area contributed by atoms with Gasteiger partial charge in [-0.15, -0.1) is 0 Å². The average Bonchev–Trinajstić information content (AvgIpc) is 3.18. The van der Waals surface area contributed by atoms with Crippen molar-refractivity contribution in [3.8, 4) is 0 Å². The maximum Gasteiger partial charge on any atom is 0.271 e. The van der Waals surface area contributed by atoms with E-state index in [9.17, 15) is 13.2 Å². The van der Waals surface area contributed by atoms with Crippen LogP contribution in [0.2, 0.25) is 0 Å². The molecule has 0 bridgehead atoms. The molecule has 150 valence electrons. The lowest BCUT2D eigenvalue weighted by atomic mass is 9.92. The van der Waals surface area contributed by atoms with E-state index in [4.69, 9.17) is 0 Å². The number of fused-ring (bicyclic) bond motifs is 2. The molecule has 2 N–H and O–H groups in total. The van der Waals surface area contributed by atoms with Crippen LogP contribution in [0.5, 0.6) is 0 Å². The summed E-state index contributed by atoms with van der Waals surface area (Å²) in [6.07, 6.45) is 4.77. The molecule has 4 rings (SSSR count). The van der Waals surface area contributed by atoms with Crippen LogP contribution < -0.4 is 10.0 Å². The predicted molar refractivity (Wildman–Crippen MR) is 106 cm³/mol. The third-order valence-electron chi connectivity index (χ3n) is 5.32. The van der Waals surface area contributed by atoms with Gasteiger partial charge in [0.25, 0.3) is 5.91 Å². The number of amides is 1. The van der Waals surface area contributed by atoms with Gasteiger partial charge in [0.05, 0.1) is 11.4 Å². The molecule has 1 atom stereocenters. The van der Waals surface area contributed by atoms with E-state index in [1.807, 2.05) is 26.0 Å². The molecule has 0 saturated heterocycles. The summed E-state index contributed by atoms with van der Waals surface area (Å²) in [6.45, 7) is 4.22. The maximum absolute atomic E-state index is 12.8. The van der Waals surface area contributed by atoms with Crippen LogP contribution in [0.3, 0.4) is 0 Å². The normalized spacial score (nSPS) is 18.8. The summed E-state index contributed by atoms with van der Waals surface area (Å²) < 4.78 is 30.2. The minimum atomic E-state index is -3.59. The zero-order valence-electron chi connectivity index (χ0n) is 16.2. The van der Waals surface area contributed by atoms with Crippen molar-refractivity contribution in [1.82, 2.24) is 19.8 Å². The zero-order chi connectivity index (χ0) is 19.9. The molecule has 7 nitrogen and oxygen atoms in total. The third kappa shape index (κ3) is 3.84. The van der Waals surface area contributed by atoms with Gasteiger partial charge in [-0.3, -0.25) is 9.48 Å². The minimum absolute atomic E-state index is 0.0419. The van der Waals surface area contributed by atoms with Gasteiger partial charge in [-0.25, -0.2) is 13.1 Å². The van der Waals surface area contributed by atoms with Gasteiger partial charge >= 0.3 is 0 Å². The van der Waals surface area contributed by atoms with E-state index in [1.165, 1.54) is 12.0 Å². The Bertz CT molecular complexity index is 987. The van der Waals surface area contributed by atoms with Gasteiger partial charge in [0, 0.05) is 24.2 Å². The Morgan fingerprint density at radius 2 is 1.93 bits per heavy atom. The fourth-order valence-electron chi connectivity index (χ4n) is 3.99. The first kappa shape index (κ1) is 19.1. The lowest BCUT2D eigenvalue weighted by Gasteiger charge is -2.18. The van der Waals surface area contributed by atoms with Crippen molar-refractivity contribution in [2.75, 3.05) is 0 Å². The first-order valence-corrected chi connectivity index (χ1v) is 11.3. The Morgan fingerprint density at radius 1 is 1.18 bits per heavy atom. The van der Waals surface area contributed by atoms with Crippen molar-refractivity contribution >= 4 is 15.9 Å². The number of aromatic nitrogens is 2. The van der Waals surface area contributed by atoms with Crippen LogP contribution in [0.1, 0.15) is 54.0 Å². The molecule has 0 spiro atoms. The molecular weight excluding hydrogens is 376 g/mol. The van der Waals surface area contributed by atoms with Crippen molar-refractivity contribution in [2.24, 2.45) is 0 Å². The summed E-state index contributed by atoms with van der Waals surface area (Å²) >= 11 is 0. The van der Waals surface area contributed by atoms with E-state index in [1.54, 1.807) is 16.8 Å². The molecule has 2 heterocycles. The summed E-state index contributed by atoms with van der Waals surface area (Å²) in [4.78, 5) is 12.4. The Balaban J connectivity index is 1.44. The van der Waals surface area contributed by atoms with Gasteiger partial charge in [-0.1, -0.05) is 6.07 Å². The van der Waals surface area contributed by atoms with Crippen molar-refractivity contribution in [2.45, 2.75) is 69.5 Å². The number of carbonyl (C=O) groups excluding carboxylic acids is 1. The topological polar surface area (TPSA) is 93.1 Å². The Morgan fingerprint density at radius 3 is 2.64 bits per heavy atom. The van der Waals surface area contributed by atoms with Crippen LogP contribution in [0.25, 0.3) is 0 Å². The lowest BCUT2D eigenvalue weighted by molar-refractivity contribution is 0.0937. The molecule has 8 heteroatoms. The second-order valence-electron chi connectivity index (χ2n) is 7.99. The van der Waals surface area contributed by atoms with E-state index in [0.29, 0.717) is 23.6 Å². The Labute approximate surface area is 165 Å². The number of rotatable bonds is 5. The van der Waals surface area contributed by atoms with E-state index >= 15 is 0 Å². The summed E-state index contributed by atoms with van der Waals surface area (Å²) in [6, 6.07) is 6.99. The van der Waals surface area contributed by atoms with Crippen LogP contribution in [0.15, 0.2) is 29.2 Å². The van der Waals surface area contributed by atoms with Gasteiger partial charge < -0.3 is 5.32 Å². The molecule has 0 fully saturated rings. The molecule has 0 saturated carbocycles. The van der Waals surface area contributed by atoms with E-state index < -0.39 is 10.0 Å². The fraction of sp³-hybridized carbons (Fsp3) is 0.500. The van der Waals surface area contributed by atoms with Gasteiger partial charge in [-0.05, 0) is 68.9 Å². The third-order valence-corrected chi connectivity index (χ3v) is 6.83. The molecule has 1 unspecified atom stereocenters. The van der Waals surface area contributed by atoms with Crippen LogP contribution in [0, 0.1) is 0 Å². The van der Waals surface area contributed by atoms with E-state index in [0.717, 1.165) is 30.5 Å². The van der Waals surface area contributed by atoms with Gasteiger partial charge in [0.15, 0.2) is 0 Å². The predicted octanol–water partition coefficient (Wildman–Crippen LogP) is 1.80. The highest BCUT2D eigenvalue weighted by molar-refractivity contribution is 7.89. The zero-order valence-corrected chi connectivity index (χ0v) is 17.1. The quantitative estimate of drug-likeness (QED) is 0.798. The smallest absolute Gasteiger partial charge is 0.271 e. The summed E-state index contributed by atoms with van der Waals surface area (Å²) in [5, 5.41) is 7.14. The lowest BCUT2D eigenvalue weighted by Crippen LogP contribution is -2.36. The fourth-order valence-corrected chi connectivity index (χ4v) is 5.27. The first-order valence-electron chi connectivity index (χ1n) is 9.83. The molecule has 1 aliphatic heterocycles. The van der Waals surface area contributed by atoms with Gasteiger partial charge in [-0.2, -0.15) is 5.10 Å². The first-order chi connectivity index (χ1) is 13.3. The van der Waals surface area contributed by atoms with Crippen LogP contribution in [-0.2, 0) is 35.8 Å². The summed E-state index contributed by atoms with van der Waals surface area (Å²) in [5.74, 6) is -0.205. The standard InChI is InChI=1S/C20H26N4O3S/c1-13(2)21-20(25)19-11-17-10-16(12-24(17)22-19)23-28(26,27)18-8-7-14-5-3-4-6-15(14)9-18/h7-9,11,13,16,23H,3-6,10,12H2,1-2H3,(H,21,25). The van der Waals surface area contributed by atoms with Crippen molar-refractivity contribution in [3.05, 3.63) is 46.8 Å². The monoisotopic (exact) mass is 402 g/mol. The van der Waals surface area contributed by atoms with Gasteiger partial charge in [0.2, 0.25) is 10.0 Å². The number of nitrogens with zero attached hydrogens (tertiary/aromatic N) is 2. The second kappa shape index (κ2) is 7.33. The number of hydrogen-bond acceptors (Lipinski definition) is 4. The Kier molecular flexibility index (Phi) is 5.01. The number of carbonyl (C=O) groups is 1. The molecule has 1 aliphatic carbocycles. The SMILES string of the molecule is CC(C)NC(=O)c1cc2n(n1)CC(NS(=O)(=O)c1ccc3c(c1)CCCC3)C2. The molecule has 1 amide bonds. The van der Waals surface area contributed by atoms with Crippen molar-refractivity contribution < 1.29 is 13.2 Å². The van der Waals surface area contributed by atoms with Gasteiger partial charge in [0.1, 0.15) is 5.69 Å².